The van der Waals surface area contributed by atoms with Crippen molar-refractivity contribution in [3.05, 3.63) is 28.7 Å². The molecule has 0 aliphatic carbocycles. The first-order valence-electron chi connectivity index (χ1n) is 6.49. The van der Waals surface area contributed by atoms with E-state index in [0.29, 0.717) is 25.9 Å². The lowest BCUT2D eigenvalue weighted by Crippen LogP contribution is -2.42. The molecule has 1 N–H and O–H groups in total. The van der Waals surface area contributed by atoms with E-state index in [1.54, 1.807) is 4.90 Å². The van der Waals surface area contributed by atoms with Gasteiger partial charge in [0.1, 0.15) is 0 Å². The number of anilines is 1. The van der Waals surface area contributed by atoms with Gasteiger partial charge in [0.15, 0.2) is 0 Å². The highest BCUT2D eigenvalue weighted by atomic mass is 79.9. The standard InChI is InChI=1S/C14H17BrN2O3/c1-20-13(18)10-5-7-17(8-6-10)14(19)16-12-4-2-3-11(15)9-12/h2-4,9-10H,5-8H2,1H3,(H,16,19). The lowest BCUT2D eigenvalue weighted by molar-refractivity contribution is -0.146. The summed E-state index contributed by atoms with van der Waals surface area (Å²) in [6, 6.07) is 7.32. The van der Waals surface area contributed by atoms with Gasteiger partial charge in [-0.3, -0.25) is 4.79 Å². The summed E-state index contributed by atoms with van der Waals surface area (Å²) in [7, 11) is 1.40. The maximum absolute atomic E-state index is 12.1. The minimum atomic E-state index is -0.183. The van der Waals surface area contributed by atoms with Crippen molar-refractivity contribution < 1.29 is 14.3 Å². The topological polar surface area (TPSA) is 58.6 Å². The molecule has 20 heavy (non-hydrogen) atoms. The van der Waals surface area contributed by atoms with Gasteiger partial charge in [0, 0.05) is 23.2 Å². The van der Waals surface area contributed by atoms with Gasteiger partial charge in [0.25, 0.3) is 0 Å². The van der Waals surface area contributed by atoms with Crippen LogP contribution in [-0.4, -0.2) is 37.1 Å². The molecular weight excluding hydrogens is 324 g/mol. The van der Waals surface area contributed by atoms with E-state index >= 15 is 0 Å². The number of esters is 1. The summed E-state index contributed by atoms with van der Waals surface area (Å²) in [4.78, 5) is 25.3. The van der Waals surface area contributed by atoms with Crippen molar-refractivity contribution in [2.75, 3.05) is 25.5 Å². The summed E-state index contributed by atoms with van der Waals surface area (Å²) >= 11 is 3.36. The van der Waals surface area contributed by atoms with Gasteiger partial charge < -0.3 is 15.0 Å². The van der Waals surface area contributed by atoms with Gasteiger partial charge in [-0.25, -0.2) is 4.79 Å². The van der Waals surface area contributed by atoms with Crippen LogP contribution in [0.15, 0.2) is 28.7 Å². The van der Waals surface area contributed by atoms with Gasteiger partial charge >= 0.3 is 12.0 Å². The van der Waals surface area contributed by atoms with Crippen molar-refractivity contribution >= 4 is 33.6 Å². The van der Waals surface area contributed by atoms with Crippen LogP contribution in [0.1, 0.15) is 12.8 Å². The first-order chi connectivity index (χ1) is 9.60. The Labute approximate surface area is 126 Å². The summed E-state index contributed by atoms with van der Waals surface area (Å²) in [5, 5.41) is 2.85. The fourth-order valence-corrected chi connectivity index (χ4v) is 2.65. The van der Waals surface area contributed by atoms with Gasteiger partial charge in [-0.05, 0) is 31.0 Å². The number of rotatable bonds is 2. The molecule has 0 spiro atoms. The molecule has 0 bridgehead atoms. The quantitative estimate of drug-likeness (QED) is 0.842. The Morgan fingerprint density at radius 2 is 2.05 bits per heavy atom. The number of benzene rings is 1. The number of nitrogens with zero attached hydrogens (tertiary/aromatic N) is 1. The van der Waals surface area contributed by atoms with Crippen LogP contribution in [0.2, 0.25) is 0 Å². The Balaban J connectivity index is 1.87. The number of hydrogen-bond acceptors (Lipinski definition) is 3. The molecule has 1 heterocycles. The summed E-state index contributed by atoms with van der Waals surface area (Å²) in [6.45, 7) is 1.14. The van der Waals surface area contributed by atoms with E-state index in [1.165, 1.54) is 7.11 Å². The van der Waals surface area contributed by atoms with Crippen molar-refractivity contribution in [2.45, 2.75) is 12.8 Å². The number of urea groups is 1. The van der Waals surface area contributed by atoms with Crippen LogP contribution < -0.4 is 5.32 Å². The molecule has 108 valence electrons. The Morgan fingerprint density at radius 1 is 1.35 bits per heavy atom. The van der Waals surface area contributed by atoms with E-state index in [2.05, 4.69) is 21.2 Å². The van der Waals surface area contributed by atoms with E-state index in [0.717, 1.165) is 10.2 Å². The summed E-state index contributed by atoms with van der Waals surface area (Å²) < 4.78 is 5.65. The van der Waals surface area contributed by atoms with E-state index in [4.69, 9.17) is 4.74 Å². The van der Waals surface area contributed by atoms with Gasteiger partial charge in [-0.1, -0.05) is 22.0 Å². The number of likely N-dealkylation sites (tertiary alicyclic amines) is 1. The number of amides is 2. The maximum Gasteiger partial charge on any atom is 0.321 e. The number of halogens is 1. The average molecular weight is 341 g/mol. The zero-order chi connectivity index (χ0) is 14.5. The number of carbonyl (C=O) groups is 2. The zero-order valence-corrected chi connectivity index (χ0v) is 12.9. The third kappa shape index (κ3) is 3.72. The fraction of sp³-hybridized carbons (Fsp3) is 0.429. The largest absolute Gasteiger partial charge is 0.469 e. The molecule has 1 aliphatic heterocycles. The van der Waals surface area contributed by atoms with Gasteiger partial charge in [-0.15, -0.1) is 0 Å². The highest BCUT2D eigenvalue weighted by molar-refractivity contribution is 9.10. The molecule has 0 saturated carbocycles. The minimum Gasteiger partial charge on any atom is -0.469 e. The van der Waals surface area contributed by atoms with Crippen LogP contribution in [0, 0.1) is 5.92 Å². The number of piperidine rings is 1. The van der Waals surface area contributed by atoms with Crippen LogP contribution in [-0.2, 0) is 9.53 Å². The first-order valence-corrected chi connectivity index (χ1v) is 7.29. The SMILES string of the molecule is COC(=O)C1CCN(C(=O)Nc2cccc(Br)c2)CC1. The molecule has 1 aromatic carbocycles. The number of hydrogen-bond donors (Lipinski definition) is 1. The van der Waals surface area contributed by atoms with Gasteiger partial charge in [0.05, 0.1) is 13.0 Å². The summed E-state index contributed by atoms with van der Waals surface area (Å²) in [5.74, 6) is -0.271. The van der Waals surface area contributed by atoms with Crippen molar-refractivity contribution in [2.24, 2.45) is 5.92 Å². The molecule has 1 aliphatic rings. The Morgan fingerprint density at radius 3 is 2.65 bits per heavy atom. The van der Waals surface area contributed by atoms with Crippen molar-refractivity contribution in [1.82, 2.24) is 4.90 Å². The predicted octanol–water partition coefficient (Wildman–Crippen LogP) is 2.87. The number of ether oxygens (including phenoxy) is 1. The lowest BCUT2D eigenvalue weighted by atomic mass is 9.97. The molecular formula is C14H17BrN2O3. The van der Waals surface area contributed by atoms with Crippen molar-refractivity contribution in [1.29, 1.82) is 0 Å². The highest BCUT2D eigenvalue weighted by Crippen LogP contribution is 2.20. The maximum atomic E-state index is 12.1. The molecule has 0 radical (unpaired) electrons. The molecule has 2 rings (SSSR count). The fourth-order valence-electron chi connectivity index (χ4n) is 2.25. The van der Waals surface area contributed by atoms with Crippen LogP contribution in [0.3, 0.4) is 0 Å². The number of methoxy groups -OCH3 is 1. The van der Waals surface area contributed by atoms with Gasteiger partial charge in [-0.2, -0.15) is 0 Å². The Hall–Kier alpha value is -1.56. The van der Waals surface area contributed by atoms with Crippen LogP contribution in [0.25, 0.3) is 0 Å². The normalized spacial score (nSPS) is 15.8. The Kier molecular flexibility index (Phi) is 5.00. The molecule has 1 fully saturated rings. The molecule has 0 unspecified atom stereocenters. The minimum absolute atomic E-state index is 0.0880. The molecule has 6 heteroatoms. The second-order valence-electron chi connectivity index (χ2n) is 4.72. The molecule has 0 atom stereocenters. The molecule has 2 amide bonds. The first kappa shape index (κ1) is 14.8. The summed E-state index contributed by atoms with van der Waals surface area (Å²) in [5.41, 5.74) is 0.750. The number of carbonyl (C=O) groups excluding carboxylic acids is 2. The highest BCUT2D eigenvalue weighted by Gasteiger charge is 2.27. The second-order valence-corrected chi connectivity index (χ2v) is 5.64. The van der Waals surface area contributed by atoms with Crippen LogP contribution in [0.4, 0.5) is 10.5 Å². The zero-order valence-electron chi connectivity index (χ0n) is 11.3. The van der Waals surface area contributed by atoms with E-state index in [9.17, 15) is 9.59 Å². The molecule has 1 saturated heterocycles. The predicted molar refractivity (Wildman–Crippen MR) is 79.5 cm³/mol. The van der Waals surface area contributed by atoms with Crippen molar-refractivity contribution in [3.63, 3.8) is 0 Å². The van der Waals surface area contributed by atoms with Crippen LogP contribution >= 0.6 is 15.9 Å². The van der Waals surface area contributed by atoms with E-state index in [1.807, 2.05) is 24.3 Å². The molecule has 5 nitrogen and oxygen atoms in total. The molecule has 1 aromatic rings. The molecule has 0 aromatic heterocycles. The van der Waals surface area contributed by atoms with Gasteiger partial charge in [0.2, 0.25) is 0 Å². The lowest BCUT2D eigenvalue weighted by Gasteiger charge is -2.30. The monoisotopic (exact) mass is 340 g/mol. The second kappa shape index (κ2) is 6.74. The van der Waals surface area contributed by atoms with Crippen LogP contribution in [0.5, 0.6) is 0 Å². The third-order valence-corrected chi connectivity index (χ3v) is 3.89. The number of nitrogens with one attached hydrogen (secondary N) is 1. The third-order valence-electron chi connectivity index (χ3n) is 3.39. The van der Waals surface area contributed by atoms with E-state index in [-0.39, 0.29) is 17.9 Å². The average Bonchev–Trinajstić information content (AvgIpc) is 2.46. The summed E-state index contributed by atoms with van der Waals surface area (Å²) in [6.07, 6.45) is 1.30. The Bertz CT molecular complexity index is 499. The smallest absolute Gasteiger partial charge is 0.321 e. The van der Waals surface area contributed by atoms with E-state index < -0.39 is 0 Å². The van der Waals surface area contributed by atoms with Crippen molar-refractivity contribution in [3.8, 4) is 0 Å².